The van der Waals surface area contributed by atoms with E-state index in [2.05, 4.69) is 27.1 Å². The van der Waals surface area contributed by atoms with E-state index in [9.17, 15) is 4.79 Å². The topological polar surface area (TPSA) is 71.6 Å². The van der Waals surface area contributed by atoms with Gasteiger partial charge in [0, 0.05) is 30.9 Å². The molecule has 0 unspecified atom stereocenters. The van der Waals surface area contributed by atoms with Gasteiger partial charge in [0.25, 0.3) is 5.91 Å². The number of aromatic nitrogens is 2. The van der Waals surface area contributed by atoms with Crippen LogP contribution in [-0.4, -0.2) is 41.1 Å². The van der Waals surface area contributed by atoms with Crippen molar-refractivity contribution in [1.29, 1.82) is 0 Å². The van der Waals surface area contributed by atoms with Gasteiger partial charge in [0.15, 0.2) is 5.82 Å². The van der Waals surface area contributed by atoms with Gasteiger partial charge in [-0.3, -0.25) is 9.79 Å². The van der Waals surface area contributed by atoms with Crippen LogP contribution in [0.25, 0.3) is 11.3 Å². The summed E-state index contributed by atoms with van der Waals surface area (Å²) in [7, 11) is 1.72. The summed E-state index contributed by atoms with van der Waals surface area (Å²) >= 11 is 0. The average molecular weight is 323 g/mol. The molecule has 1 aromatic heterocycles. The molecule has 0 aliphatic heterocycles. The van der Waals surface area contributed by atoms with Gasteiger partial charge in [-0.25, -0.2) is 9.66 Å². The summed E-state index contributed by atoms with van der Waals surface area (Å²) in [5.74, 6) is 0.655. The van der Waals surface area contributed by atoms with Crippen molar-refractivity contribution in [2.75, 3.05) is 7.05 Å². The molecule has 1 amide bonds. The number of carbonyl (C=O) groups excluding carboxylic acids is 1. The summed E-state index contributed by atoms with van der Waals surface area (Å²) in [6.07, 6.45) is 3.90. The average Bonchev–Trinajstić information content (AvgIpc) is 3.28. The Morgan fingerprint density at radius 2 is 2.17 bits per heavy atom. The molecule has 124 valence electrons. The SMILES string of the molecule is C=Nn1c(-c2ccc(C(=O)NC3CC3)c(C)c2)cnc1C(C)=NC. The number of nitrogens with one attached hydrogen (secondary N) is 1. The van der Waals surface area contributed by atoms with Crippen LogP contribution in [-0.2, 0) is 0 Å². The number of aliphatic imine (C=N–C) groups is 1. The lowest BCUT2D eigenvalue weighted by Gasteiger charge is -2.10. The molecule has 0 bridgehead atoms. The summed E-state index contributed by atoms with van der Waals surface area (Å²) in [4.78, 5) is 20.8. The van der Waals surface area contributed by atoms with E-state index in [1.807, 2.05) is 32.0 Å². The van der Waals surface area contributed by atoms with Crippen LogP contribution in [0.5, 0.6) is 0 Å². The molecule has 2 aromatic rings. The highest BCUT2D eigenvalue weighted by Gasteiger charge is 2.24. The first-order valence-electron chi connectivity index (χ1n) is 7.95. The highest BCUT2D eigenvalue weighted by Crippen LogP contribution is 2.25. The molecule has 1 aromatic carbocycles. The maximum atomic E-state index is 12.2. The minimum absolute atomic E-state index is 0.00782. The summed E-state index contributed by atoms with van der Waals surface area (Å²) < 4.78 is 1.67. The molecule has 1 heterocycles. The second-order valence-corrected chi connectivity index (χ2v) is 6.01. The Morgan fingerprint density at radius 3 is 2.75 bits per heavy atom. The van der Waals surface area contributed by atoms with Gasteiger partial charge in [0.2, 0.25) is 0 Å². The third-order valence-corrected chi connectivity index (χ3v) is 4.22. The van der Waals surface area contributed by atoms with E-state index in [1.54, 1.807) is 17.9 Å². The minimum Gasteiger partial charge on any atom is -0.349 e. The van der Waals surface area contributed by atoms with Crippen molar-refractivity contribution in [2.24, 2.45) is 10.1 Å². The van der Waals surface area contributed by atoms with E-state index < -0.39 is 0 Å². The van der Waals surface area contributed by atoms with E-state index in [4.69, 9.17) is 0 Å². The number of imidazole rings is 1. The van der Waals surface area contributed by atoms with Crippen LogP contribution in [0.3, 0.4) is 0 Å². The van der Waals surface area contributed by atoms with Gasteiger partial charge in [-0.2, -0.15) is 5.10 Å². The third kappa shape index (κ3) is 2.99. The number of carbonyl (C=O) groups is 1. The number of aryl methyl sites for hydroxylation is 1. The fraction of sp³-hybridized carbons (Fsp3) is 0.333. The summed E-state index contributed by atoms with van der Waals surface area (Å²) in [5, 5.41) is 7.07. The lowest BCUT2D eigenvalue weighted by molar-refractivity contribution is 0.0950. The van der Waals surface area contributed by atoms with Gasteiger partial charge in [0.1, 0.15) is 0 Å². The van der Waals surface area contributed by atoms with Crippen molar-refractivity contribution in [3.8, 4) is 11.3 Å². The molecule has 6 nitrogen and oxygen atoms in total. The summed E-state index contributed by atoms with van der Waals surface area (Å²) in [6, 6.07) is 6.09. The van der Waals surface area contributed by atoms with Gasteiger partial charge in [-0.05, 0) is 44.4 Å². The quantitative estimate of drug-likeness (QED) is 0.859. The number of amides is 1. The van der Waals surface area contributed by atoms with Gasteiger partial charge < -0.3 is 5.32 Å². The molecule has 24 heavy (non-hydrogen) atoms. The van der Waals surface area contributed by atoms with Crippen LogP contribution in [0.15, 0.2) is 34.5 Å². The fourth-order valence-electron chi connectivity index (χ4n) is 2.60. The van der Waals surface area contributed by atoms with E-state index >= 15 is 0 Å². The molecule has 0 radical (unpaired) electrons. The second kappa shape index (κ2) is 6.39. The van der Waals surface area contributed by atoms with Gasteiger partial charge in [-0.15, -0.1) is 0 Å². The van der Waals surface area contributed by atoms with Crippen LogP contribution in [0, 0.1) is 6.92 Å². The molecule has 1 aliphatic carbocycles. The van der Waals surface area contributed by atoms with Crippen LogP contribution < -0.4 is 5.32 Å². The van der Waals surface area contributed by atoms with Crippen molar-refractivity contribution < 1.29 is 4.79 Å². The van der Waals surface area contributed by atoms with Crippen molar-refractivity contribution in [2.45, 2.75) is 32.7 Å². The standard InChI is InChI=1S/C18H21N5O/c1-11-9-13(5-8-15(11)18(24)22-14-6-7-14)16-10-21-17(12(2)19-3)23(16)20-4/h5,8-10,14H,4,6-7H2,1-3H3,(H,22,24). The second-order valence-electron chi connectivity index (χ2n) is 6.01. The summed E-state index contributed by atoms with van der Waals surface area (Å²) in [6.45, 7) is 7.45. The Bertz CT molecular complexity index is 830. The zero-order valence-corrected chi connectivity index (χ0v) is 14.2. The zero-order chi connectivity index (χ0) is 17.3. The minimum atomic E-state index is -0.00782. The molecular weight excluding hydrogens is 302 g/mol. The largest absolute Gasteiger partial charge is 0.349 e. The highest BCUT2D eigenvalue weighted by molar-refractivity contribution is 5.97. The van der Waals surface area contributed by atoms with E-state index in [-0.39, 0.29) is 5.91 Å². The van der Waals surface area contributed by atoms with Crippen LogP contribution in [0.2, 0.25) is 0 Å². The number of hydrogen-bond donors (Lipinski definition) is 1. The maximum absolute atomic E-state index is 12.2. The first kappa shape index (κ1) is 16.1. The molecule has 3 rings (SSSR count). The maximum Gasteiger partial charge on any atom is 0.251 e. The predicted octanol–water partition coefficient (Wildman–Crippen LogP) is 2.65. The normalized spacial score (nSPS) is 14.5. The van der Waals surface area contributed by atoms with Crippen molar-refractivity contribution in [3.05, 3.63) is 41.3 Å². The molecule has 1 aliphatic rings. The fourth-order valence-corrected chi connectivity index (χ4v) is 2.60. The lowest BCUT2D eigenvalue weighted by atomic mass is 10.0. The van der Waals surface area contributed by atoms with Gasteiger partial charge in [0.05, 0.1) is 17.6 Å². The van der Waals surface area contributed by atoms with Gasteiger partial charge >= 0.3 is 0 Å². The summed E-state index contributed by atoms with van der Waals surface area (Å²) in [5.41, 5.74) is 4.16. The highest BCUT2D eigenvalue weighted by atomic mass is 16.1. The third-order valence-electron chi connectivity index (χ3n) is 4.22. The Kier molecular flexibility index (Phi) is 4.29. The Morgan fingerprint density at radius 1 is 1.42 bits per heavy atom. The molecule has 0 saturated heterocycles. The Labute approximate surface area is 141 Å². The van der Waals surface area contributed by atoms with Crippen molar-refractivity contribution in [3.63, 3.8) is 0 Å². The molecule has 0 spiro atoms. The van der Waals surface area contributed by atoms with Crippen molar-refractivity contribution in [1.82, 2.24) is 15.0 Å². The lowest BCUT2D eigenvalue weighted by Crippen LogP contribution is -2.26. The van der Waals surface area contributed by atoms with E-state index in [0.29, 0.717) is 17.4 Å². The number of benzene rings is 1. The molecule has 0 atom stereocenters. The van der Waals surface area contributed by atoms with Crippen molar-refractivity contribution >= 4 is 18.3 Å². The molecule has 1 N–H and O–H groups in total. The first-order chi connectivity index (χ1) is 11.5. The smallest absolute Gasteiger partial charge is 0.251 e. The van der Waals surface area contributed by atoms with Crippen LogP contribution >= 0.6 is 0 Å². The number of rotatable bonds is 5. The molecule has 1 fully saturated rings. The predicted molar refractivity (Wildman–Crippen MR) is 96.0 cm³/mol. The number of nitrogens with zero attached hydrogens (tertiary/aromatic N) is 4. The van der Waals surface area contributed by atoms with Gasteiger partial charge in [-0.1, -0.05) is 6.07 Å². The van der Waals surface area contributed by atoms with E-state index in [1.165, 1.54) is 0 Å². The molecule has 6 heteroatoms. The Balaban J connectivity index is 1.95. The van der Waals surface area contributed by atoms with Crippen LogP contribution in [0.4, 0.5) is 0 Å². The molecular formula is C18H21N5O. The molecule has 1 saturated carbocycles. The van der Waals surface area contributed by atoms with Crippen LogP contribution in [0.1, 0.15) is 41.5 Å². The zero-order valence-electron chi connectivity index (χ0n) is 14.2. The Hall–Kier alpha value is -2.76. The monoisotopic (exact) mass is 323 g/mol. The number of hydrogen-bond acceptors (Lipinski definition) is 4. The first-order valence-corrected chi connectivity index (χ1v) is 7.95. The van der Waals surface area contributed by atoms with E-state index in [0.717, 1.165) is 35.4 Å².